The number of hydrogen-bond donors (Lipinski definition) is 2. The van der Waals surface area contributed by atoms with E-state index in [1.54, 1.807) is 0 Å². The average molecular weight is 370 g/mol. The van der Waals surface area contributed by atoms with Gasteiger partial charge in [-0.15, -0.1) is 0 Å². The first-order valence-electron chi connectivity index (χ1n) is 7.92. The summed E-state index contributed by atoms with van der Waals surface area (Å²) < 4.78 is 25.9. The molecule has 0 radical (unpaired) electrons. The molecule has 1 fully saturated rings. The molecule has 2 rings (SSSR count). The average Bonchev–Trinajstić information content (AvgIpc) is 2.57. The molecule has 10 heteroatoms. The summed E-state index contributed by atoms with van der Waals surface area (Å²) in [4.78, 5) is 22.1. The quantitative estimate of drug-likeness (QED) is 0.550. The highest BCUT2D eigenvalue weighted by Gasteiger charge is 2.27. The van der Waals surface area contributed by atoms with Crippen molar-refractivity contribution in [3.63, 3.8) is 0 Å². The minimum absolute atomic E-state index is 0.00247. The standard InChI is InChI=1S/C15H22N4O5S/c1-11-9-16-7-6-14(11)17-15(20)10-18(2)25(23,24)13-5-3-4-12(8-13)19(21)22/h3-5,8,11,14,16H,6-7,9-10H2,1-2H3,(H,17,20). The number of nitrogens with zero attached hydrogens (tertiary/aromatic N) is 2. The van der Waals surface area contributed by atoms with E-state index in [2.05, 4.69) is 10.6 Å². The lowest BCUT2D eigenvalue weighted by molar-refractivity contribution is -0.385. The Morgan fingerprint density at radius 1 is 1.48 bits per heavy atom. The SMILES string of the molecule is CC1CNCCC1NC(=O)CN(C)S(=O)(=O)c1cccc([N+](=O)[O-])c1. The van der Waals surface area contributed by atoms with Crippen LogP contribution in [0, 0.1) is 16.0 Å². The van der Waals surface area contributed by atoms with Crippen LogP contribution in [0.25, 0.3) is 0 Å². The van der Waals surface area contributed by atoms with E-state index in [0.717, 1.165) is 29.9 Å². The highest BCUT2D eigenvalue weighted by Crippen LogP contribution is 2.20. The van der Waals surface area contributed by atoms with E-state index in [0.29, 0.717) is 0 Å². The largest absolute Gasteiger partial charge is 0.352 e. The number of non-ortho nitro benzene ring substituents is 1. The molecule has 25 heavy (non-hydrogen) atoms. The van der Waals surface area contributed by atoms with Crippen molar-refractivity contribution in [2.45, 2.75) is 24.3 Å². The van der Waals surface area contributed by atoms with Gasteiger partial charge in [0.25, 0.3) is 5.69 Å². The molecule has 2 atom stereocenters. The molecular weight excluding hydrogens is 348 g/mol. The normalized spacial score (nSPS) is 21.1. The zero-order valence-corrected chi connectivity index (χ0v) is 15.0. The Morgan fingerprint density at radius 2 is 2.20 bits per heavy atom. The van der Waals surface area contributed by atoms with Crippen LogP contribution in [-0.2, 0) is 14.8 Å². The van der Waals surface area contributed by atoms with Crippen LogP contribution in [0.15, 0.2) is 29.2 Å². The first kappa shape index (κ1) is 19.3. The highest BCUT2D eigenvalue weighted by atomic mass is 32.2. The van der Waals surface area contributed by atoms with Crippen molar-refractivity contribution in [2.75, 3.05) is 26.7 Å². The summed E-state index contributed by atoms with van der Waals surface area (Å²) in [7, 11) is -2.71. The number of hydrogen-bond acceptors (Lipinski definition) is 6. The van der Waals surface area contributed by atoms with Crippen LogP contribution in [0.2, 0.25) is 0 Å². The first-order valence-corrected chi connectivity index (χ1v) is 9.36. The third kappa shape index (κ3) is 4.74. The number of nitro benzene ring substituents is 1. The molecule has 1 saturated heterocycles. The van der Waals surface area contributed by atoms with Gasteiger partial charge in [-0.05, 0) is 31.5 Å². The molecule has 0 aliphatic carbocycles. The number of rotatable bonds is 6. The Hall–Kier alpha value is -2.04. The van der Waals surface area contributed by atoms with Gasteiger partial charge in [-0.3, -0.25) is 14.9 Å². The lowest BCUT2D eigenvalue weighted by Crippen LogP contribution is -2.50. The van der Waals surface area contributed by atoms with E-state index >= 15 is 0 Å². The Kier molecular flexibility index (Phi) is 6.09. The molecule has 1 aromatic rings. The summed E-state index contributed by atoms with van der Waals surface area (Å²) in [5, 5.41) is 16.9. The molecular formula is C15H22N4O5S. The van der Waals surface area contributed by atoms with Crippen molar-refractivity contribution in [3.05, 3.63) is 34.4 Å². The highest BCUT2D eigenvalue weighted by molar-refractivity contribution is 7.89. The molecule has 138 valence electrons. The maximum Gasteiger partial charge on any atom is 0.270 e. The number of carbonyl (C=O) groups is 1. The van der Waals surface area contributed by atoms with Crippen molar-refractivity contribution in [3.8, 4) is 0 Å². The zero-order chi connectivity index (χ0) is 18.6. The number of amides is 1. The van der Waals surface area contributed by atoms with Gasteiger partial charge in [-0.1, -0.05) is 13.0 Å². The predicted molar refractivity (Wildman–Crippen MR) is 91.5 cm³/mol. The fraction of sp³-hybridized carbons (Fsp3) is 0.533. The zero-order valence-electron chi connectivity index (χ0n) is 14.1. The van der Waals surface area contributed by atoms with Crippen LogP contribution in [0.4, 0.5) is 5.69 Å². The second-order valence-electron chi connectivity index (χ2n) is 6.16. The van der Waals surface area contributed by atoms with Crippen LogP contribution in [-0.4, -0.2) is 56.3 Å². The van der Waals surface area contributed by atoms with Crippen molar-refractivity contribution < 1.29 is 18.1 Å². The molecule has 2 unspecified atom stereocenters. The number of nitrogens with one attached hydrogen (secondary N) is 2. The molecule has 1 aliphatic heterocycles. The Labute approximate surface area is 146 Å². The van der Waals surface area contributed by atoms with E-state index in [1.165, 1.54) is 25.2 Å². The number of likely N-dealkylation sites (N-methyl/N-ethyl adjacent to an activating group) is 1. The Balaban J connectivity index is 2.05. The van der Waals surface area contributed by atoms with E-state index < -0.39 is 20.9 Å². The van der Waals surface area contributed by atoms with Crippen molar-refractivity contribution in [2.24, 2.45) is 5.92 Å². The summed E-state index contributed by atoms with van der Waals surface area (Å²) in [5.41, 5.74) is -0.317. The van der Waals surface area contributed by atoms with Crippen molar-refractivity contribution in [1.82, 2.24) is 14.9 Å². The minimum atomic E-state index is -3.99. The fourth-order valence-corrected chi connectivity index (χ4v) is 3.87. The number of carbonyl (C=O) groups excluding carboxylic acids is 1. The third-order valence-electron chi connectivity index (χ3n) is 4.23. The van der Waals surface area contributed by atoms with Gasteiger partial charge in [0, 0.05) is 25.2 Å². The molecule has 0 aromatic heterocycles. The number of sulfonamides is 1. The fourth-order valence-electron chi connectivity index (χ4n) is 2.71. The van der Waals surface area contributed by atoms with Crippen LogP contribution < -0.4 is 10.6 Å². The van der Waals surface area contributed by atoms with Gasteiger partial charge >= 0.3 is 0 Å². The number of benzene rings is 1. The van der Waals surface area contributed by atoms with Gasteiger partial charge in [0.15, 0.2) is 0 Å². The van der Waals surface area contributed by atoms with Gasteiger partial charge in [-0.25, -0.2) is 8.42 Å². The Morgan fingerprint density at radius 3 is 2.84 bits per heavy atom. The topological polar surface area (TPSA) is 122 Å². The molecule has 1 amide bonds. The van der Waals surface area contributed by atoms with Crippen molar-refractivity contribution >= 4 is 21.6 Å². The van der Waals surface area contributed by atoms with Crippen LogP contribution in [0.5, 0.6) is 0 Å². The lowest BCUT2D eigenvalue weighted by Gasteiger charge is -2.30. The third-order valence-corrected chi connectivity index (χ3v) is 6.03. The van der Waals surface area contributed by atoms with Gasteiger partial charge in [0.1, 0.15) is 0 Å². The molecule has 9 nitrogen and oxygen atoms in total. The van der Waals surface area contributed by atoms with Crippen LogP contribution >= 0.6 is 0 Å². The van der Waals surface area contributed by atoms with Gasteiger partial charge < -0.3 is 10.6 Å². The molecule has 1 aliphatic rings. The summed E-state index contributed by atoms with van der Waals surface area (Å²) in [6, 6.07) is 4.77. The molecule has 0 saturated carbocycles. The maximum atomic E-state index is 12.5. The van der Waals surface area contributed by atoms with E-state index in [4.69, 9.17) is 0 Å². The van der Waals surface area contributed by atoms with Gasteiger partial charge in [0.05, 0.1) is 16.4 Å². The van der Waals surface area contributed by atoms with E-state index in [-0.39, 0.29) is 29.1 Å². The van der Waals surface area contributed by atoms with Crippen LogP contribution in [0.1, 0.15) is 13.3 Å². The monoisotopic (exact) mass is 370 g/mol. The van der Waals surface area contributed by atoms with Crippen LogP contribution in [0.3, 0.4) is 0 Å². The lowest BCUT2D eigenvalue weighted by atomic mass is 9.95. The summed E-state index contributed by atoms with van der Waals surface area (Å²) in [6.07, 6.45) is 0.786. The molecule has 0 bridgehead atoms. The molecule has 1 heterocycles. The second-order valence-corrected chi connectivity index (χ2v) is 8.20. The second kappa shape index (κ2) is 7.89. The number of piperidine rings is 1. The smallest absolute Gasteiger partial charge is 0.270 e. The molecule has 1 aromatic carbocycles. The van der Waals surface area contributed by atoms with Crippen molar-refractivity contribution in [1.29, 1.82) is 0 Å². The maximum absolute atomic E-state index is 12.5. The predicted octanol–water partition coefficient (Wildman–Crippen LogP) is 0.330. The van der Waals surface area contributed by atoms with E-state index in [9.17, 15) is 23.3 Å². The minimum Gasteiger partial charge on any atom is -0.352 e. The number of nitro groups is 1. The first-order chi connectivity index (χ1) is 11.7. The summed E-state index contributed by atoms with van der Waals surface area (Å²) >= 11 is 0. The summed E-state index contributed by atoms with van der Waals surface area (Å²) in [5.74, 6) is -0.133. The molecule has 0 spiro atoms. The molecule has 2 N–H and O–H groups in total. The summed E-state index contributed by atoms with van der Waals surface area (Å²) in [6.45, 7) is 3.27. The Bertz CT molecular complexity index is 752. The van der Waals surface area contributed by atoms with Gasteiger partial charge in [-0.2, -0.15) is 4.31 Å². The van der Waals surface area contributed by atoms with E-state index in [1.807, 2.05) is 6.92 Å². The van der Waals surface area contributed by atoms with Gasteiger partial charge in [0.2, 0.25) is 15.9 Å².